The first kappa shape index (κ1) is 21.5. The van der Waals surface area contributed by atoms with Crippen molar-refractivity contribution in [3.05, 3.63) is 53.1 Å². The molecule has 0 saturated carbocycles. The molecular formula is C21H29ClFN3O. The average molecular weight is 394 g/mol. The molecule has 3 rings (SSSR count). The summed E-state index contributed by atoms with van der Waals surface area (Å²) in [5.74, 6) is 0.560. The number of amides is 1. The van der Waals surface area contributed by atoms with Gasteiger partial charge in [-0.05, 0) is 83.0 Å². The van der Waals surface area contributed by atoms with Gasteiger partial charge in [0.15, 0.2) is 0 Å². The summed E-state index contributed by atoms with van der Waals surface area (Å²) < 4.78 is 15.2. The van der Waals surface area contributed by atoms with Crippen LogP contribution in [0.4, 0.5) is 4.39 Å². The second kappa shape index (κ2) is 9.38. The fourth-order valence-electron chi connectivity index (χ4n) is 3.91. The third-order valence-corrected chi connectivity index (χ3v) is 5.45. The molecule has 0 bridgehead atoms. The first-order valence-electron chi connectivity index (χ1n) is 9.40. The van der Waals surface area contributed by atoms with E-state index in [0.29, 0.717) is 5.92 Å². The minimum absolute atomic E-state index is 0. The van der Waals surface area contributed by atoms with Gasteiger partial charge in [0.05, 0.1) is 5.56 Å². The smallest absolute Gasteiger partial charge is 0.255 e. The molecule has 1 N–H and O–H groups in total. The van der Waals surface area contributed by atoms with E-state index in [1.165, 1.54) is 18.6 Å². The van der Waals surface area contributed by atoms with Crippen LogP contribution in [-0.4, -0.2) is 42.1 Å². The van der Waals surface area contributed by atoms with Crippen LogP contribution in [0.15, 0.2) is 30.3 Å². The van der Waals surface area contributed by atoms with Crippen LogP contribution in [0.5, 0.6) is 0 Å². The van der Waals surface area contributed by atoms with Gasteiger partial charge in [0.25, 0.3) is 5.91 Å². The van der Waals surface area contributed by atoms with E-state index in [1.54, 1.807) is 12.1 Å². The molecular weight excluding hydrogens is 365 g/mol. The second-order valence-electron chi connectivity index (χ2n) is 7.22. The van der Waals surface area contributed by atoms with Crippen molar-refractivity contribution in [3.63, 3.8) is 0 Å². The number of rotatable bonds is 5. The van der Waals surface area contributed by atoms with Gasteiger partial charge in [0.2, 0.25) is 0 Å². The topological polar surface area (TPSA) is 37.3 Å². The van der Waals surface area contributed by atoms with Crippen LogP contribution in [0, 0.1) is 25.6 Å². The highest BCUT2D eigenvalue weighted by atomic mass is 35.5. The van der Waals surface area contributed by atoms with Gasteiger partial charge in [-0.3, -0.25) is 4.79 Å². The largest absolute Gasteiger partial charge is 0.339 e. The molecule has 0 spiro atoms. The molecule has 0 atom stereocenters. The van der Waals surface area contributed by atoms with E-state index in [1.807, 2.05) is 36.4 Å². The molecule has 1 fully saturated rings. The lowest BCUT2D eigenvalue weighted by Gasteiger charge is -2.32. The maximum absolute atomic E-state index is 13.2. The Morgan fingerprint density at radius 3 is 2.41 bits per heavy atom. The van der Waals surface area contributed by atoms with Crippen molar-refractivity contribution in [1.29, 1.82) is 0 Å². The molecule has 148 valence electrons. The van der Waals surface area contributed by atoms with Crippen LogP contribution in [0.2, 0.25) is 0 Å². The molecule has 2 heterocycles. The van der Waals surface area contributed by atoms with Crippen molar-refractivity contribution in [3.8, 4) is 5.69 Å². The normalized spacial score (nSPS) is 14.9. The predicted octanol–water partition coefficient (Wildman–Crippen LogP) is 4.12. The number of aryl methyl sites for hydroxylation is 1. The summed E-state index contributed by atoms with van der Waals surface area (Å²) in [5, 5.41) is 3.20. The molecule has 27 heavy (non-hydrogen) atoms. The van der Waals surface area contributed by atoms with Crippen molar-refractivity contribution >= 4 is 18.3 Å². The number of aromatic nitrogens is 1. The summed E-state index contributed by atoms with van der Waals surface area (Å²) in [7, 11) is 1.98. The lowest BCUT2D eigenvalue weighted by molar-refractivity contribution is 0.0686. The summed E-state index contributed by atoms with van der Waals surface area (Å²) >= 11 is 0. The molecule has 2 aromatic rings. The summed E-state index contributed by atoms with van der Waals surface area (Å²) in [4.78, 5) is 15.0. The number of nitrogens with zero attached hydrogens (tertiary/aromatic N) is 2. The maximum Gasteiger partial charge on any atom is 0.255 e. The van der Waals surface area contributed by atoms with E-state index in [2.05, 4.69) is 5.32 Å². The zero-order chi connectivity index (χ0) is 18.7. The molecule has 1 aromatic heterocycles. The van der Waals surface area contributed by atoms with Crippen molar-refractivity contribution in [2.75, 3.05) is 26.7 Å². The zero-order valence-electron chi connectivity index (χ0n) is 16.3. The Bertz CT molecular complexity index is 764. The standard InChI is InChI=1S/C21H28FN3O.ClH/c1-15-14-20(16(2)25(15)19-6-4-18(22)5-7-19)21(26)24-12-9-17(10-13-24)8-11-23-3;/h4-7,14,17,23H,8-13H2,1-3H3;1H. The van der Waals surface area contributed by atoms with Gasteiger partial charge >= 0.3 is 0 Å². The lowest BCUT2D eigenvalue weighted by Crippen LogP contribution is -2.39. The van der Waals surface area contributed by atoms with Crippen LogP contribution in [0.25, 0.3) is 5.69 Å². The highest BCUT2D eigenvalue weighted by Crippen LogP contribution is 2.25. The number of nitrogens with one attached hydrogen (secondary N) is 1. The quantitative estimate of drug-likeness (QED) is 0.829. The Balaban J connectivity index is 0.00000261. The molecule has 0 aliphatic carbocycles. The first-order valence-corrected chi connectivity index (χ1v) is 9.40. The van der Waals surface area contributed by atoms with E-state index in [4.69, 9.17) is 0 Å². The second-order valence-corrected chi connectivity index (χ2v) is 7.22. The van der Waals surface area contributed by atoms with Gasteiger partial charge in [0.1, 0.15) is 5.82 Å². The summed E-state index contributed by atoms with van der Waals surface area (Å²) in [6.45, 7) is 6.64. The molecule has 0 radical (unpaired) electrons. The van der Waals surface area contributed by atoms with E-state index in [9.17, 15) is 9.18 Å². The molecule has 1 amide bonds. The van der Waals surface area contributed by atoms with E-state index in [-0.39, 0.29) is 24.1 Å². The van der Waals surface area contributed by atoms with E-state index >= 15 is 0 Å². The van der Waals surface area contributed by atoms with Gasteiger partial charge in [-0.2, -0.15) is 0 Å². The SMILES string of the molecule is CNCCC1CCN(C(=O)c2cc(C)n(-c3ccc(F)cc3)c2C)CC1.Cl. The summed E-state index contributed by atoms with van der Waals surface area (Å²) in [6.07, 6.45) is 3.33. The molecule has 1 aliphatic rings. The Labute approximate surface area is 167 Å². The number of halogens is 2. The van der Waals surface area contributed by atoms with Gasteiger partial charge in [-0.25, -0.2) is 4.39 Å². The molecule has 1 saturated heterocycles. The molecule has 4 nitrogen and oxygen atoms in total. The van der Waals surface area contributed by atoms with Crippen molar-refractivity contribution in [2.45, 2.75) is 33.1 Å². The Hall–Kier alpha value is -1.85. The van der Waals surface area contributed by atoms with Crippen LogP contribution >= 0.6 is 12.4 Å². The first-order chi connectivity index (χ1) is 12.5. The fraction of sp³-hybridized carbons (Fsp3) is 0.476. The Morgan fingerprint density at radius 1 is 1.19 bits per heavy atom. The maximum atomic E-state index is 13.2. The minimum atomic E-state index is -0.256. The van der Waals surface area contributed by atoms with E-state index < -0.39 is 0 Å². The molecule has 0 unspecified atom stereocenters. The molecule has 6 heteroatoms. The number of carbonyl (C=O) groups excluding carboxylic acids is 1. The predicted molar refractivity (Wildman–Crippen MR) is 110 cm³/mol. The third-order valence-electron chi connectivity index (χ3n) is 5.45. The Morgan fingerprint density at radius 2 is 1.81 bits per heavy atom. The number of carbonyl (C=O) groups is 1. The van der Waals surface area contributed by atoms with Crippen LogP contribution in [0.3, 0.4) is 0 Å². The highest BCUT2D eigenvalue weighted by Gasteiger charge is 2.26. The average Bonchev–Trinajstić information content (AvgIpc) is 2.95. The molecule has 1 aromatic carbocycles. The van der Waals surface area contributed by atoms with Gasteiger partial charge in [0, 0.05) is 30.2 Å². The molecule has 1 aliphatic heterocycles. The van der Waals surface area contributed by atoms with Crippen molar-refractivity contribution in [2.24, 2.45) is 5.92 Å². The van der Waals surface area contributed by atoms with Crippen molar-refractivity contribution < 1.29 is 9.18 Å². The van der Waals surface area contributed by atoms with E-state index in [0.717, 1.165) is 55.1 Å². The number of likely N-dealkylation sites (tertiary alicyclic amines) is 1. The number of piperidine rings is 1. The monoisotopic (exact) mass is 393 g/mol. The fourth-order valence-corrected chi connectivity index (χ4v) is 3.91. The van der Waals surface area contributed by atoms with Crippen LogP contribution in [0.1, 0.15) is 41.0 Å². The van der Waals surface area contributed by atoms with Gasteiger partial charge < -0.3 is 14.8 Å². The number of benzene rings is 1. The van der Waals surface area contributed by atoms with Gasteiger partial charge in [-0.1, -0.05) is 0 Å². The Kier molecular flexibility index (Phi) is 7.45. The van der Waals surface area contributed by atoms with Crippen LogP contribution in [-0.2, 0) is 0 Å². The summed E-state index contributed by atoms with van der Waals surface area (Å²) in [6, 6.07) is 8.35. The zero-order valence-corrected chi connectivity index (χ0v) is 17.1. The third kappa shape index (κ3) is 4.71. The van der Waals surface area contributed by atoms with Gasteiger partial charge in [-0.15, -0.1) is 12.4 Å². The number of hydrogen-bond acceptors (Lipinski definition) is 2. The summed E-state index contributed by atoms with van der Waals surface area (Å²) in [5.41, 5.74) is 3.53. The highest BCUT2D eigenvalue weighted by molar-refractivity contribution is 5.96. The minimum Gasteiger partial charge on any atom is -0.339 e. The van der Waals surface area contributed by atoms with Crippen molar-refractivity contribution in [1.82, 2.24) is 14.8 Å². The number of hydrogen-bond donors (Lipinski definition) is 1. The van der Waals surface area contributed by atoms with Crippen LogP contribution < -0.4 is 5.32 Å². The lowest BCUT2D eigenvalue weighted by atomic mass is 9.93.